The molecule has 1 aliphatic carbocycles. The third-order valence-electron chi connectivity index (χ3n) is 6.81. The zero-order chi connectivity index (χ0) is 24.5. The highest BCUT2D eigenvalue weighted by atomic mass is 16.5. The average molecular weight is 471 g/mol. The van der Waals surface area contributed by atoms with Crippen LogP contribution in [0.2, 0.25) is 0 Å². The Morgan fingerprint density at radius 1 is 1.03 bits per heavy atom. The maximum Gasteiger partial charge on any atom is 0.407 e. The van der Waals surface area contributed by atoms with Gasteiger partial charge in [-0.1, -0.05) is 61.5 Å². The number of carboxylic acid groups (broad SMARTS) is 1. The van der Waals surface area contributed by atoms with Crippen molar-refractivity contribution >= 4 is 23.7 Å². The van der Waals surface area contributed by atoms with Crippen molar-refractivity contribution in [1.82, 2.24) is 5.32 Å². The first kappa shape index (κ1) is 22.7. The van der Waals surface area contributed by atoms with Gasteiger partial charge in [-0.15, -0.1) is 0 Å². The van der Waals surface area contributed by atoms with Crippen LogP contribution in [0.1, 0.15) is 39.9 Å². The standard InChI is InChI=1S/C28H26N2O5/c1-17(26(31)30-13-12-18-10-11-19(27(32)33)14-25(18)30)15-29-28(34)35-16-24-22-8-4-2-6-20(22)21-7-3-5-9-23(21)24/h2-11,14,17,24H,12-13,15-16H2,1H3,(H,29,34)(H,32,33). The fourth-order valence-corrected chi connectivity index (χ4v) is 4.98. The van der Waals surface area contributed by atoms with Crippen LogP contribution in [-0.4, -0.2) is 42.8 Å². The van der Waals surface area contributed by atoms with Gasteiger partial charge in [-0.25, -0.2) is 9.59 Å². The molecule has 2 aliphatic rings. The number of fused-ring (bicyclic) bond motifs is 4. The number of nitrogens with zero attached hydrogens (tertiary/aromatic N) is 1. The Morgan fingerprint density at radius 2 is 1.69 bits per heavy atom. The molecule has 5 rings (SSSR count). The Labute approximate surface area is 203 Å². The summed E-state index contributed by atoms with van der Waals surface area (Å²) in [4.78, 5) is 38.4. The quantitative estimate of drug-likeness (QED) is 0.555. The number of carbonyl (C=O) groups is 3. The van der Waals surface area contributed by atoms with Crippen molar-refractivity contribution in [3.63, 3.8) is 0 Å². The first-order chi connectivity index (χ1) is 16.9. The number of benzene rings is 3. The number of nitrogens with one attached hydrogen (secondary N) is 1. The maximum atomic E-state index is 13.0. The topological polar surface area (TPSA) is 95.9 Å². The van der Waals surface area contributed by atoms with Crippen molar-refractivity contribution < 1.29 is 24.2 Å². The molecule has 0 bridgehead atoms. The van der Waals surface area contributed by atoms with Gasteiger partial charge in [-0.3, -0.25) is 4.79 Å². The molecule has 3 aromatic rings. The van der Waals surface area contributed by atoms with Gasteiger partial charge in [0, 0.05) is 24.7 Å². The van der Waals surface area contributed by atoms with Gasteiger partial charge in [-0.05, 0) is 46.4 Å². The Kier molecular flexibility index (Phi) is 5.99. The average Bonchev–Trinajstić information content (AvgIpc) is 3.44. The largest absolute Gasteiger partial charge is 0.478 e. The predicted octanol–water partition coefficient (Wildman–Crippen LogP) is 4.45. The van der Waals surface area contributed by atoms with Gasteiger partial charge < -0.3 is 20.1 Å². The molecule has 0 fully saturated rings. The summed E-state index contributed by atoms with van der Waals surface area (Å²) in [5.74, 6) is -1.71. The Bertz CT molecular complexity index is 1270. The number of hydrogen-bond donors (Lipinski definition) is 2. The van der Waals surface area contributed by atoms with Crippen LogP contribution in [0.15, 0.2) is 66.7 Å². The van der Waals surface area contributed by atoms with E-state index in [1.54, 1.807) is 24.0 Å². The highest BCUT2D eigenvalue weighted by Gasteiger charge is 2.31. The number of anilines is 1. The molecule has 35 heavy (non-hydrogen) atoms. The number of aromatic carboxylic acids is 1. The van der Waals surface area contributed by atoms with E-state index >= 15 is 0 Å². The summed E-state index contributed by atoms with van der Waals surface area (Å²) in [6, 6.07) is 21.1. The van der Waals surface area contributed by atoms with Crippen LogP contribution < -0.4 is 10.2 Å². The summed E-state index contributed by atoms with van der Waals surface area (Å²) in [7, 11) is 0. The lowest BCUT2D eigenvalue weighted by Gasteiger charge is -2.22. The summed E-state index contributed by atoms with van der Waals surface area (Å²) in [5, 5.41) is 12.0. The van der Waals surface area contributed by atoms with Crippen LogP contribution in [-0.2, 0) is 16.0 Å². The van der Waals surface area contributed by atoms with E-state index in [0.29, 0.717) is 18.7 Å². The first-order valence-corrected chi connectivity index (χ1v) is 11.7. The molecule has 0 aromatic heterocycles. The van der Waals surface area contributed by atoms with E-state index in [1.165, 1.54) is 6.07 Å². The molecule has 7 heteroatoms. The lowest BCUT2D eigenvalue weighted by molar-refractivity contribution is -0.121. The number of amides is 2. The van der Waals surface area contributed by atoms with Crippen molar-refractivity contribution in [3.05, 3.63) is 89.0 Å². The van der Waals surface area contributed by atoms with Gasteiger partial charge in [0.2, 0.25) is 5.91 Å². The van der Waals surface area contributed by atoms with E-state index in [1.807, 2.05) is 24.3 Å². The van der Waals surface area contributed by atoms with Gasteiger partial charge in [0.05, 0.1) is 11.5 Å². The minimum Gasteiger partial charge on any atom is -0.478 e. The number of rotatable bonds is 6. The lowest BCUT2D eigenvalue weighted by atomic mass is 9.98. The zero-order valence-corrected chi connectivity index (χ0v) is 19.4. The summed E-state index contributed by atoms with van der Waals surface area (Å²) in [5.41, 5.74) is 6.31. The summed E-state index contributed by atoms with van der Waals surface area (Å²) in [6.07, 6.45) is 0.106. The molecular formula is C28H26N2O5. The highest BCUT2D eigenvalue weighted by Crippen LogP contribution is 2.44. The first-order valence-electron chi connectivity index (χ1n) is 11.7. The molecule has 1 heterocycles. The van der Waals surface area contributed by atoms with Crippen LogP contribution in [0.25, 0.3) is 11.1 Å². The molecule has 0 saturated heterocycles. The molecule has 0 radical (unpaired) electrons. The van der Waals surface area contributed by atoms with Crippen molar-refractivity contribution in [1.29, 1.82) is 0 Å². The van der Waals surface area contributed by atoms with Crippen LogP contribution in [0.3, 0.4) is 0 Å². The molecular weight excluding hydrogens is 444 g/mol. The summed E-state index contributed by atoms with van der Waals surface area (Å²) in [6.45, 7) is 2.57. The van der Waals surface area contributed by atoms with Gasteiger partial charge in [0.1, 0.15) is 6.61 Å². The molecule has 3 aromatic carbocycles. The van der Waals surface area contributed by atoms with Crippen LogP contribution in [0, 0.1) is 5.92 Å². The lowest BCUT2D eigenvalue weighted by Crippen LogP contribution is -2.40. The third kappa shape index (κ3) is 4.25. The SMILES string of the molecule is CC(CNC(=O)OCC1c2ccccc2-c2ccccc21)C(=O)N1CCc2ccc(C(=O)O)cc21. The van der Waals surface area contributed by atoms with Crippen LogP contribution >= 0.6 is 0 Å². The van der Waals surface area contributed by atoms with Gasteiger partial charge in [0.25, 0.3) is 0 Å². The van der Waals surface area contributed by atoms with Gasteiger partial charge in [-0.2, -0.15) is 0 Å². The van der Waals surface area contributed by atoms with E-state index in [-0.39, 0.29) is 30.5 Å². The van der Waals surface area contributed by atoms with E-state index in [4.69, 9.17) is 4.74 Å². The second kappa shape index (κ2) is 9.25. The molecule has 2 N–H and O–H groups in total. The third-order valence-corrected chi connectivity index (χ3v) is 6.81. The molecule has 1 unspecified atom stereocenters. The number of alkyl carbamates (subject to hydrolysis) is 1. The minimum atomic E-state index is -1.03. The van der Waals surface area contributed by atoms with Crippen molar-refractivity contribution in [2.24, 2.45) is 5.92 Å². The zero-order valence-electron chi connectivity index (χ0n) is 19.4. The predicted molar refractivity (Wildman–Crippen MR) is 132 cm³/mol. The number of carbonyl (C=O) groups excluding carboxylic acids is 2. The monoisotopic (exact) mass is 470 g/mol. The summed E-state index contributed by atoms with van der Waals surface area (Å²) >= 11 is 0. The van der Waals surface area contributed by atoms with Crippen molar-refractivity contribution in [2.75, 3.05) is 24.6 Å². The van der Waals surface area contributed by atoms with Crippen LogP contribution in [0.4, 0.5) is 10.5 Å². The van der Waals surface area contributed by atoms with Crippen LogP contribution in [0.5, 0.6) is 0 Å². The Balaban J connectivity index is 1.18. The molecule has 0 spiro atoms. The Hall–Kier alpha value is -4.13. The van der Waals surface area contributed by atoms with E-state index in [0.717, 1.165) is 27.8 Å². The molecule has 1 atom stereocenters. The minimum absolute atomic E-state index is 0.0308. The van der Waals surface area contributed by atoms with E-state index in [2.05, 4.69) is 29.6 Å². The maximum absolute atomic E-state index is 13.0. The molecule has 2 amide bonds. The van der Waals surface area contributed by atoms with Gasteiger partial charge >= 0.3 is 12.1 Å². The fourth-order valence-electron chi connectivity index (χ4n) is 4.98. The fraction of sp³-hybridized carbons (Fsp3) is 0.250. The summed E-state index contributed by atoms with van der Waals surface area (Å²) < 4.78 is 5.55. The smallest absolute Gasteiger partial charge is 0.407 e. The van der Waals surface area contributed by atoms with E-state index in [9.17, 15) is 19.5 Å². The molecule has 0 saturated carbocycles. The second-order valence-corrected chi connectivity index (χ2v) is 9.00. The number of hydrogen-bond acceptors (Lipinski definition) is 4. The van der Waals surface area contributed by atoms with E-state index < -0.39 is 18.0 Å². The number of ether oxygens (including phenoxy) is 1. The second-order valence-electron chi connectivity index (χ2n) is 9.00. The Morgan fingerprint density at radius 3 is 2.34 bits per heavy atom. The van der Waals surface area contributed by atoms with Gasteiger partial charge in [0.15, 0.2) is 0 Å². The molecule has 1 aliphatic heterocycles. The normalized spacial score (nSPS) is 14.6. The highest BCUT2D eigenvalue weighted by molar-refractivity contribution is 5.99. The number of carboxylic acids is 1. The van der Waals surface area contributed by atoms with Crippen molar-refractivity contribution in [3.8, 4) is 11.1 Å². The molecule has 7 nitrogen and oxygen atoms in total. The van der Waals surface area contributed by atoms with Crippen molar-refractivity contribution in [2.45, 2.75) is 19.3 Å². The molecule has 178 valence electrons.